The van der Waals surface area contributed by atoms with Crippen LogP contribution in [0.5, 0.6) is 5.75 Å². The molecule has 0 radical (unpaired) electrons. The molecule has 0 aliphatic heterocycles. The zero-order chi connectivity index (χ0) is 13.0. The summed E-state index contributed by atoms with van der Waals surface area (Å²) in [7, 11) is 5.40. The lowest BCUT2D eigenvalue weighted by molar-refractivity contribution is 0.104. The maximum atomic E-state index is 12.0. The van der Waals surface area contributed by atoms with Gasteiger partial charge in [-0.3, -0.25) is 4.79 Å². The van der Waals surface area contributed by atoms with Gasteiger partial charge in [0.15, 0.2) is 5.78 Å². The number of aryl methyl sites for hydroxylation is 2. The number of rotatable bonds is 4. The van der Waals surface area contributed by atoms with Crippen molar-refractivity contribution in [1.82, 2.24) is 4.90 Å². The molecule has 0 heterocycles. The minimum atomic E-state index is 0.0157. The van der Waals surface area contributed by atoms with E-state index in [0.29, 0.717) is 0 Å². The van der Waals surface area contributed by atoms with Crippen molar-refractivity contribution >= 4 is 5.78 Å². The summed E-state index contributed by atoms with van der Waals surface area (Å²) < 4.78 is 5.22. The Labute approximate surface area is 103 Å². The number of carbonyl (C=O) groups excluding carboxylic acids is 1. The van der Waals surface area contributed by atoms with Crippen molar-refractivity contribution in [3.05, 3.63) is 41.1 Å². The molecule has 0 amide bonds. The van der Waals surface area contributed by atoms with Gasteiger partial charge in [0.2, 0.25) is 0 Å². The summed E-state index contributed by atoms with van der Waals surface area (Å²) in [5.74, 6) is 0.831. The lowest BCUT2D eigenvalue weighted by atomic mass is 10.0. The number of methoxy groups -OCH3 is 1. The molecule has 0 N–H and O–H groups in total. The van der Waals surface area contributed by atoms with E-state index in [9.17, 15) is 4.79 Å². The summed E-state index contributed by atoms with van der Waals surface area (Å²) in [6, 6.07) is 3.77. The highest BCUT2D eigenvalue weighted by molar-refractivity contribution is 6.05. The van der Waals surface area contributed by atoms with E-state index in [-0.39, 0.29) is 5.78 Å². The monoisotopic (exact) mass is 233 g/mol. The Hall–Kier alpha value is -1.77. The molecule has 3 nitrogen and oxygen atoms in total. The Kier molecular flexibility index (Phi) is 4.32. The number of hydrogen-bond acceptors (Lipinski definition) is 3. The summed E-state index contributed by atoms with van der Waals surface area (Å²) in [6.45, 7) is 3.85. The number of nitrogens with zero attached hydrogens (tertiary/aromatic N) is 1. The molecule has 1 aromatic rings. The zero-order valence-corrected chi connectivity index (χ0v) is 11.1. The highest BCUT2D eigenvalue weighted by Crippen LogP contribution is 2.22. The van der Waals surface area contributed by atoms with Crippen molar-refractivity contribution < 1.29 is 9.53 Å². The van der Waals surface area contributed by atoms with E-state index in [0.717, 1.165) is 22.4 Å². The van der Waals surface area contributed by atoms with Gasteiger partial charge in [-0.05, 0) is 37.1 Å². The molecule has 0 aromatic heterocycles. The van der Waals surface area contributed by atoms with E-state index in [1.54, 1.807) is 19.4 Å². The molecule has 92 valence electrons. The van der Waals surface area contributed by atoms with Crippen LogP contribution in [0.1, 0.15) is 21.5 Å². The molecule has 0 atom stereocenters. The third-order valence-electron chi connectivity index (χ3n) is 2.53. The van der Waals surface area contributed by atoms with E-state index in [2.05, 4.69) is 0 Å². The predicted octanol–water partition coefficient (Wildman–Crippen LogP) is 2.57. The average molecular weight is 233 g/mol. The Morgan fingerprint density at radius 2 is 1.88 bits per heavy atom. The Balaban J connectivity index is 3.07. The number of benzene rings is 1. The van der Waals surface area contributed by atoms with Crippen molar-refractivity contribution in [2.75, 3.05) is 21.2 Å². The number of allylic oxidation sites excluding steroid dienone is 1. The van der Waals surface area contributed by atoms with Gasteiger partial charge in [0.05, 0.1) is 7.11 Å². The normalized spacial score (nSPS) is 10.6. The lowest BCUT2D eigenvalue weighted by Crippen LogP contribution is -2.05. The topological polar surface area (TPSA) is 29.5 Å². The van der Waals surface area contributed by atoms with Crippen molar-refractivity contribution in [1.29, 1.82) is 0 Å². The maximum absolute atomic E-state index is 12.0. The van der Waals surface area contributed by atoms with Crippen LogP contribution in [-0.2, 0) is 0 Å². The molecule has 1 aromatic carbocycles. The molecule has 0 bridgehead atoms. The molecule has 1 rings (SSSR count). The van der Waals surface area contributed by atoms with Crippen LogP contribution >= 0.6 is 0 Å². The molecular formula is C14H19NO2. The summed E-state index contributed by atoms with van der Waals surface area (Å²) in [5, 5.41) is 0. The summed E-state index contributed by atoms with van der Waals surface area (Å²) in [6.07, 6.45) is 3.33. The van der Waals surface area contributed by atoms with Gasteiger partial charge < -0.3 is 9.64 Å². The number of hydrogen-bond donors (Lipinski definition) is 0. The van der Waals surface area contributed by atoms with Crippen LogP contribution in [0.4, 0.5) is 0 Å². The van der Waals surface area contributed by atoms with Crippen LogP contribution in [0.15, 0.2) is 24.4 Å². The molecule has 0 spiro atoms. The van der Waals surface area contributed by atoms with Gasteiger partial charge in [-0.2, -0.15) is 0 Å². The van der Waals surface area contributed by atoms with E-state index in [4.69, 9.17) is 4.74 Å². The van der Waals surface area contributed by atoms with Crippen LogP contribution in [0.2, 0.25) is 0 Å². The summed E-state index contributed by atoms with van der Waals surface area (Å²) in [4.78, 5) is 13.8. The third-order valence-corrected chi connectivity index (χ3v) is 2.53. The molecule has 0 saturated heterocycles. The number of ketones is 1. The van der Waals surface area contributed by atoms with E-state index >= 15 is 0 Å². The molecule has 0 unspecified atom stereocenters. The fraction of sp³-hybridized carbons (Fsp3) is 0.357. The molecule has 0 fully saturated rings. The first-order valence-corrected chi connectivity index (χ1v) is 5.50. The fourth-order valence-electron chi connectivity index (χ4n) is 1.58. The predicted molar refractivity (Wildman–Crippen MR) is 69.6 cm³/mol. The van der Waals surface area contributed by atoms with Crippen LogP contribution < -0.4 is 4.74 Å². The second kappa shape index (κ2) is 5.53. The molecule has 17 heavy (non-hydrogen) atoms. The van der Waals surface area contributed by atoms with Gasteiger partial charge in [-0.15, -0.1) is 0 Å². The van der Waals surface area contributed by atoms with Gasteiger partial charge in [0.25, 0.3) is 0 Å². The van der Waals surface area contributed by atoms with Gasteiger partial charge >= 0.3 is 0 Å². The standard InChI is InChI=1S/C14H19NO2/c1-10-9-14(17-5)11(2)8-12(10)13(16)6-7-15(3)4/h6-9H,1-5H3. The molecule has 0 aliphatic carbocycles. The minimum absolute atomic E-state index is 0.0157. The van der Waals surface area contributed by atoms with Crippen molar-refractivity contribution in [2.45, 2.75) is 13.8 Å². The molecular weight excluding hydrogens is 214 g/mol. The van der Waals surface area contributed by atoms with E-state index < -0.39 is 0 Å². The number of ether oxygens (including phenoxy) is 1. The van der Waals surface area contributed by atoms with Gasteiger partial charge in [-0.25, -0.2) is 0 Å². The largest absolute Gasteiger partial charge is 0.496 e. The maximum Gasteiger partial charge on any atom is 0.187 e. The first-order chi connectivity index (χ1) is 7.95. The van der Waals surface area contributed by atoms with Gasteiger partial charge in [0, 0.05) is 31.9 Å². The SMILES string of the molecule is COc1cc(C)c(C(=O)C=CN(C)C)cc1C. The van der Waals surface area contributed by atoms with Gasteiger partial charge in [-0.1, -0.05) is 0 Å². The van der Waals surface area contributed by atoms with Crippen molar-refractivity contribution in [2.24, 2.45) is 0 Å². The molecule has 0 aliphatic rings. The first-order valence-electron chi connectivity index (χ1n) is 5.50. The summed E-state index contributed by atoms with van der Waals surface area (Å²) in [5.41, 5.74) is 2.63. The van der Waals surface area contributed by atoms with Crippen LogP contribution in [0.3, 0.4) is 0 Å². The van der Waals surface area contributed by atoms with Crippen LogP contribution in [-0.4, -0.2) is 31.9 Å². The van der Waals surface area contributed by atoms with Crippen molar-refractivity contribution in [3.8, 4) is 5.75 Å². The Bertz CT molecular complexity index is 448. The zero-order valence-electron chi connectivity index (χ0n) is 11.1. The van der Waals surface area contributed by atoms with Gasteiger partial charge in [0.1, 0.15) is 5.75 Å². The second-order valence-electron chi connectivity index (χ2n) is 4.28. The van der Waals surface area contributed by atoms with E-state index in [1.807, 2.05) is 45.0 Å². The number of carbonyl (C=O) groups is 1. The molecule has 0 saturated carbocycles. The third kappa shape index (κ3) is 3.34. The second-order valence-corrected chi connectivity index (χ2v) is 4.28. The highest BCUT2D eigenvalue weighted by Gasteiger charge is 2.09. The smallest absolute Gasteiger partial charge is 0.187 e. The first kappa shape index (κ1) is 13.3. The average Bonchev–Trinajstić information content (AvgIpc) is 2.28. The quantitative estimate of drug-likeness (QED) is 0.591. The highest BCUT2D eigenvalue weighted by atomic mass is 16.5. The van der Waals surface area contributed by atoms with E-state index in [1.165, 1.54) is 0 Å². The Morgan fingerprint density at radius 1 is 1.24 bits per heavy atom. The molecule has 3 heteroatoms. The van der Waals surface area contributed by atoms with Crippen LogP contribution in [0.25, 0.3) is 0 Å². The summed E-state index contributed by atoms with van der Waals surface area (Å²) >= 11 is 0. The van der Waals surface area contributed by atoms with Crippen LogP contribution in [0, 0.1) is 13.8 Å². The van der Waals surface area contributed by atoms with Crippen molar-refractivity contribution in [3.63, 3.8) is 0 Å². The fourth-order valence-corrected chi connectivity index (χ4v) is 1.58. The minimum Gasteiger partial charge on any atom is -0.496 e. The Morgan fingerprint density at radius 3 is 2.41 bits per heavy atom. The lowest BCUT2D eigenvalue weighted by Gasteiger charge is -2.09.